The summed E-state index contributed by atoms with van der Waals surface area (Å²) in [4.78, 5) is 25.5. The van der Waals surface area contributed by atoms with E-state index in [1.807, 2.05) is 50.1 Å². The zero-order valence-electron chi connectivity index (χ0n) is 16.9. The number of aromatic nitrogens is 3. The van der Waals surface area contributed by atoms with E-state index >= 15 is 0 Å². The third kappa shape index (κ3) is 7.07. The molecular formula is C21H27N5O2S. The van der Waals surface area contributed by atoms with E-state index in [0.29, 0.717) is 17.9 Å². The second kappa shape index (κ2) is 10.8. The number of anilines is 1. The molecule has 3 aromatic heterocycles. The van der Waals surface area contributed by atoms with Crippen LogP contribution in [0.4, 0.5) is 5.95 Å². The van der Waals surface area contributed by atoms with Crippen LogP contribution in [0.2, 0.25) is 0 Å². The number of furan rings is 1. The number of thioether (sulfide) groups is 1. The van der Waals surface area contributed by atoms with E-state index in [-0.39, 0.29) is 5.56 Å². The van der Waals surface area contributed by atoms with Crippen molar-refractivity contribution in [2.75, 3.05) is 31.7 Å². The quantitative estimate of drug-likeness (QED) is 0.467. The summed E-state index contributed by atoms with van der Waals surface area (Å²) in [6, 6.07) is 7.89. The molecular weight excluding hydrogens is 386 g/mol. The fourth-order valence-electron chi connectivity index (χ4n) is 2.81. The molecule has 0 saturated carbocycles. The van der Waals surface area contributed by atoms with Crippen LogP contribution in [0.25, 0.3) is 0 Å². The minimum atomic E-state index is -0.118. The Morgan fingerprint density at radius 2 is 2.07 bits per heavy atom. The lowest BCUT2D eigenvalue weighted by molar-refractivity contribution is 0.344. The predicted octanol–water partition coefficient (Wildman–Crippen LogP) is 3.15. The third-order valence-electron chi connectivity index (χ3n) is 4.18. The Hall–Kier alpha value is -2.58. The second-order valence-corrected chi connectivity index (χ2v) is 8.17. The Morgan fingerprint density at radius 3 is 2.83 bits per heavy atom. The fraction of sp³-hybridized carbons (Fsp3) is 0.381. The normalized spacial score (nSPS) is 11.1. The van der Waals surface area contributed by atoms with Gasteiger partial charge in [0.05, 0.1) is 12.3 Å². The highest BCUT2D eigenvalue weighted by Gasteiger charge is 2.05. The van der Waals surface area contributed by atoms with Crippen LogP contribution in [0, 0.1) is 0 Å². The summed E-state index contributed by atoms with van der Waals surface area (Å²) < 4.78 is 5.81. The van der Waals surface area contributed by atoms with Crippen LogP contribution in [0.15, 0.2) is 52.1 Å². The summed E-state index contributed by atoms with van der Waals surface area (Å²) in [7, 11) is 4.06. The van der Waals surface area contributed by atoms with Gasteiger partial charge >= 0.3 is 0 Å². The van der Waals surface area contributed by atoms with Gasteiger partial charge in [0.15, 0.2) is 0 Å². The number of pyridine rings is 1. The van der Waals surface area contributed by atoms with Crippen LogP contribution in [0.1, 0.15) is 29.1 Å². The molecule has 0 aromatic carbocycles. The molecule has 154 valence electrons. The minimum Gasteiger partial charge on any atom is -0.464 e. The lowest BCUT2D eigenvalue weighted by atomic mass is 10.1. The fourth-order valence-corrected chi connectivity index (χ4v) is 3.66. The number of aromatic amines is 1. The highest BCUT2D eigenvalue weighted by Crippen LogP contribution is 2.17. The molecule has 0 aliphatic carbocycles. The molecule has 0 saturated heterocycles. The smallest absolute Gasteiger partial charge is 0.255 e. The van der Waals surface area contributed by atoms with E-state index in [0.717, 1.165) is 48.1 Å². The highest BCUT2D eigenvalue weighted by molar-refractivity contribution is 7.98. The van der Waals surface area contributed by atoms with Crippen molar-refractivity contribution in [3.8, 4) is 0 Å². The van der Waals surface area contributed by atoms with Crippen LogP contribution in [-0.2, 0) is 18.7 Å². The predicted molar refractivity (Wildman–Crippen MR) is 117 cm³/mol. The van der Waals surface area contributed by atoms with Gasteiger partial charge in [-0.25, -0.2) is 4.98 Å². The van der Waals surface area contributed by atoms with Gasteiger partial charge in [-0.05, 0) is 50.0 Å². The first-order valence-electron chi connectivity index (χ1n) is 9.61. The summed E-state index contributed by atoms with van der Waals surface area (Å²) in [5, 5.41) is 3.18. The topological polar surface area (TPSA) is 87.0 Å². The summed E-state index contributed by atoms with van der Waals surface area (Å²) in [6.07, 6.45) is 6.60. The maximum absolute atomic E-state index is 12.2. The molecule has 0 radical (unpaired) electrons. The molecule has 0 atom stereocenters. The largest absolute Gasteiger partial charge is 0.464 e. The Balaban J connectivity index is 1.36. The van der Waals surface area contributed by atoms with Crippen LogP contribution < -0.4 is 10.9 Å². The summed E-state index contributed by atoms with van der Waals surface area (Å²) in [6.45, 7) is 1.57. The van der Waals surface area contributed by atoms with Crippen molar-refractivity contribution in [2.45, 2.75) is 25.1 Å². The van der Waals surface area contributed by atoms with Crippen molar-refractivity contribution in [3.63, 3.8) is 0 Å². The monoisotopic (exact) mass is 413 g/mol. The van der Waals surface area contributed by atoms with Crippen molar-refractivity contribution in [1.82, 2.24) is 19.9 Å². The lowest BCUT2D eigenvalue weighted by Gasteiger charge is -2.07. The van der Waals surface area contributed by atoms with Gasteiger partial charge in [0.25, 0.3) is 5.56 Å². The molecule has 3 heterocycles. The molecule has 0 bridgehead atoms. The standard InChI is InChI=1S/C21H27N5O2S/c1-26(2)14-18-6-7-19(28-18)15-29-10-4-9-23-21-24-13-17(20(27)25-21)11-16-5-3-8-22-12-16/h3,5-8,12-13H,4,9-11,14-15H2,1-2H3,(H2,23,24,25,27). The van der Waals surface area contributed by atoms with Crippen LogP contribution in [0.3, 0.4) is 0 Å². The third-order valence-corrected chi connectivity index (χ3v) is 5.25. The number of rotatable bonds is 11. The van der Waals surface area contributed by atoms with E-state index in [2.05, 4.69) is 25.2 Å². The van der Waals surface area contributed by atoms with Gasteiger partial charge in [0, 0.05) is 37.1 Å². The van der Waals surface area contributed by atoms with Crippen molar-refractivity contribution in [2.24, 2.45) is 0 Å². The number of nitrogens with zero attached hydrogens (tertiary/aromatic N) is 3. The van der Waals surface area contributed by atoms with Gasteiger partial charge < -0.3 is 14.6 Å². The zero-order valence-corrected chi connectivity index (χ0v) is 17.7. The Labute approximate surface area is 175 Å². The molecule has 0 fully saturated rings. The number of nitrogens with one attached hydrogen (secondary N) is 2. The first-order valence-corrected chi connectivity index (χ1v) is 10.8. The molecule has 29 heavy (non-hydrogen) atoms. The number of H-pyrrole nitrogens is 1. The maximum atomic E-state index is 12.2. The van der Waals surface area contributed by atoms with Crippen molar-refractivity contribution in [3.05, 3.63) is 75.9 Å². The molecule has 0 amide bonds. The number of hydrogen-bond donors (Lipinski definition) is 2. The summed E-state index contributed by atoms with van der Waals surface area (Å²) in [5.74, 6) is 4.38. The Bertz CT molecular complexity index is 939. The summed E-state index contributed by atoms with van der Waals surface area (Å²) >= 11 is 1.83. The molecule has 0 aliphatic heterocycles. The lowest BCUT2D eigenvalue weighted by Crippen LogP contribution is -2.17. The molecule has 3 rings (SSSR count). The Kier molecular flexibility index (Phi) is 7.89. The molecule has 8 heteroatoms. The average molecular weight is 414 g/mol. The van der Waals surface area contributed by atoms with Crippen molar-refractivity contribution < 1.29 is 4.42 Å². The zero-order chi connectivity index (χ0) is 20.5. The van der Waals surface area contributed by atoms with Crippen molar-refractivity contribution >= 4 is 17.7 Å². The summed E-state index contributed by atoms with van der Waals surface area (Å²) in [5.41, 5.74) is 1.50. The highest BCUT2D eigenvalue weighted by atomic mass is 32.2. The van der Waals surface area contributed by atoms with E-state index in [4.69, 9.17) is 4.42 Å². The molecule has 2 N–H and O–H groups in total. The van der Waals surface area contributed by atoms with E-state index in [9.17, 15) is 4.79 Å². The van der Waals surface area contributed by atoms with E-state index in [1.54, 1.807) is 18.6 Å². The number of hydrogen-bond acceptors (Lipinski definition) is 7. The molecule has 0 unspecified atom stereocenters. The van der Waals surface area contributed by atoms with Gasteiger partial charge in [-0.2, -0.15) is 11.8 Å². The van der Waals surface area contributed by atoms with Crippen LogP contribution in [0.5, 0.6) is 0 Å². The molecule has 0 aliphatic rings. The molecule has 7 nitrogen and oxygen atoms in total. The molecule has 0 spiro atoms. The first-order chi connectivity index (χ1) is 14.1. The Morgan fingerprint density at radius 1 is 1.21 bits per heavy atom. The van der Waals surface area contributed by atoms with Crippen LogP contribution in [-0.4, -0.2) is 46.2 Å². The second-order valence-electron chi connectivity index (χ2n) is 7.06. The van der Waals surface area contributed by atoms with E-state index in [1.165, 1.54) is 0 Å². The average Bonchev–Trinajstić information content (AvgIpc) is 3.14. The van der Waals surface area contributed by atoms with Gasteiger partial charge in [-0.15, -0.1) is 0 Å². The maximum Gasteiger partial charge on any atom is 0.255 e. The van der Waals surface area contributed by atoms with Crippen molar-refractivity contribution in [1.29, 1.82) is 0 Å². The van der Waals surface area contributed by atoms with E-state index < -0.39 is 0 Å². The van der Waals surface area contributed by atoms with Gasteiger partial charge in [-0.3, -0.25) is 14.8 Å². The first kappa shape index (κ1) is 21.1. The van der Waals surface area contributed by atoms with Gasteiger partial charge in [0.2, 0.25) is 5.95 Å². The minimum absolute atomic E-state index is 0.118. The molecule has 3 aromatic rings. The van der Waals surface area contributed by atoms with Crippen LogP contribution >= 0.6 is 11.8 Å². The SMILES string of the molecule is CN(C)Cc1ccc(CSCCCNc2ncc(Cc3cccnc3)c(=O)[nH]2)o1. The van der Waals surface area contributed by atoms with Gasteiger partial charge in [-0.1, -0.05) is 6.07 Å². The van der Waals surface area contributed by atoms with Gasteiger partial charge in [0.1, 0.15) is 11.5 Å².